The second-order valence-electron chi connectivity index (χ2n) is 7.08. The molecule has 33 heavy (non-hydrogen) atoms. The molecule has 3 rings (SSSR count). The lowest BCUT2D eigenvalue weighted by Crippen LogP contribution is -2.36. The van der Waals surface area contributed by atoms with Crippen molar-refractivity contribution in [3.8, 4) is 5.75 Å². The van der Waals surface area contributed by atoms with Crippen LogP contribution in [0.2, 0.25) is 0 Å². The van der Waals surface area contributed by atoms with Crippen molar-refractivity contribution in [2.45, 2.75) is 12.9 Å². The number of benzene rings is 2. The van der Waals surface area contributed by atoms with Gasteiger partial charge in [-0.15, -0.1) is 13.2 Å². The van der Waals surface area contributed by atoms with Crippen LogP contribution >= 0.6 is 0 Å². The number of carbonyl (C=O) groups excluding carboxylic acids is 4. The van der Waals surface area contributed by atoms with E-state index in [1.807, 2.05) is 0 Å². The molecule has 0 unspecified atom stereocenters. The Morgan fingerprint density at radius 1 is 1.12 bits per heavy atom. The summed E-state index contributed by atoms with van der Waals surface area (Å²) in [4.78, 5) is 51.0. The summed E-state index contributed by atoms with van der Waals surface area (Å²) in [6.07, 6.45) is -4.82. The molecule has 2 aromatic carbocycles. The Balaban J connectivity index is 1.62. The molecule has 0 aromatic heterocycles. The fraction of sp³-hybridized carbons (Fsp3) is 0.238. The molecule has 0 bridgehead atoms. The van der Waals surface area contributed by atoms with E-state index < -0.39 is 35.9 Å². The SMILES string of the molecule is CN(CC(=O)Nc1ccc(OC(F)(F)F)cc1)C(=O)c1ccccc1CN1C(=O)CNC1=O. The van der Waals surface area contributed by atoms with Crippen LogP contribution in [0.1, 0.15) is 15.9 Å². The third-order valence-electron chi connectivity index (χ3n) is 4.61. The van der Waals surface area contributed by atoms with Crippen LogP contribution < -0.4 is 15.4 Å². The Morgan fingerprint density at radius 3 is 2.39 bits per heavy atom. The van der Waals surface area contributed by atoms with Gasteiger partial charge >= 0.3 is 12.4 Å². The van der Waals surface area contributed by atoms with Gasteiger partial charge in [0.1, 0.15) is 5.75 Å². The highest BCUT2D eigenvalue weighted by Crippen LogP contribution is 2.24. The highest BCUT2D eigenvalue weighted by atomic mass is 19.4. The van der Waals surface area contributed by atoms with Gasteiger partial charge in [-0.2, -0.15) is 0 Å². The summed E-state index contributed by atoms with van der Waals surface area (Å²) in [5.41, 5.74) is 0.865. The molecule has 0 saturated carbocycles. The minimum absolute atomic E-state index is 0.0983. The Kier molecular flexibility index (Phi) is 6.85. The number of likely N-dealkylation sites (N-methyl/N-ethyl adjacent to an activating group) is 1. The van der Waals surface area contributed by atoms with Crippen molar-refractivity contribution >= 4 is 29.4 Å². The summed E-state index contributed by atoms with van der Waals surface area (Å²) in [5, 5.41) is 4.88. The number of anilines is 1. The molecule has 0 atom stereocenters. The van der Waals surface area contributed by atoms with Crippen molar-refractivity contribution in [3.05, 3.63) is 59.7 Å². The molecule has 2 N–H and O–H groups in total. The first-order valence-corrected chi connectivity index (χ1v) is 9.61. The number of amides is 5. The van der Waals surface area contributed by atoms with E-state index in [1.165, 1.54) is 25.2 Å². The molecule has 1 fully saturated rings. The molecular formula is C21H19F3N4O5. The van der Waals surface area contributed by atoms with Gasteiger partial charge in [0.2, 0.25) is 11.8 Å². The molecule has 1 aliphatic rings. The summed E-state index contributed by atoms with van der Waals surface area (Å²) in [7, 11) is 1.40. The van der Waals surface area contributed by atoms with Crippen LogP contribution in [0, 0.1) is 0 Å². The summed E-state index contributed by atoms with van der Waals surface area (Å²) in [6, 6.07) is 10.4. The standard InChI is InChI=1S/C21H19F3N4O5/c1-27(12-17(29)26-14-6-8-15(9-7-14)33-21(22,23)24)19(31)16-5-3-2-4-13(16)11-28-18(30)10-25-20(28)32/h2-9H,10-12H2,1H3,(H,25,32)(H,26,29). The highest BCUT2D eigenvalue weighted by molar-refractivity contribution is 6.03. The summed E-state index contributed by atoms with van der Waals surface area (Å²) in [5.74, 6) is -1.94. The van der Waals surface area contributed by atoms with Crippen molar-refractivity contribution in [2.75, 3.05) is 25.5 Å². The minimum atomic E-state index is -4.82. The normalized spacial score (nSPS) is 13.5. The Hall–Kier alpha value is -4.09. The third-order valence-corrected chi connectivity index (χ3v) is 4.61. The molecule has 2 aromatic rings. The molecule has 0 aliphatic carbocycles. The molecule has 1 aliphatic heterocycles. The molecule has 0 spiro atoms. The predicted octanol–water partition coefficient (Wildman–Crippen LogP) is 2.35. The first-order chi connectivity index (χ1) is 15.5. The number of ether oxygens (including phenoxy) is 1. The van der Waals surface area contributed by atoms with Gasteiger partial charge in [-0.1, -0.05) is 18.2 Å². The number of nitrogens with one attached hydrogen (secondary N) is 2. The van der Waals surface area contributed by atoms with Crippen molar-refractivity contribution in [1.29, 1.82) is 0 Å². The smallest absolute Gasteiger partial charge is 0.406 e. The fourth-order valence-corrected chi connectivity index (χ4v) is 3.09. The van der Waals surface area contributed by atoms with Gasteiger partial charge in [-0.05, 0) is 35.9 Å². The topological polar surface area (TPSA) is 108 Å². The third kappa shape index (κ3) is 6.21. The fourth-order valence-electron chi connectivity index (χ4n) is 3.09. The van der Waals surface area contributed by atoms with Crippen LogP contribution in [0.25, 0.3) is 0 Å². The quantitative estimate of drug-likeness (QED) is 0.612. The van der Waals surface area contributed by atoms with Gasteiger partial charge in [0.05, 0.1) is 19.6 Å². The van der Waals surface area contributed by atoms with Crippen LogP contribution in [0.3, 0.4) is 0 Å². The van der Waals surface area contributed by atoms with Gasteiger partial charge in [0.25, 0.3) is 5.91 Å². The summed E-state index contributed by atoms with van der Waals surface area (Å²) < 4.78 is 40.4. The number of hydrogen-bond acceptors (Lipinski definition) is 5. The van der Waals surface area contributed by atoms with E-state index in [0.717, 1.165) is 21.9 Å². The maximum atomic E-state index is 12.9. The molecule has 5 amide bonds. The first-order valence-electron chi connectivity index (χ1n) is 9.61. The van der Waals surface area contributed by atoms with Crippen LogP contribution in [-0.2, 0) is 16.1 Å². The zero-order valence-electron chi connectivity index (χ0n) is 17.3. The second kappa shape index (κ2) is 9.59. The summed E-state index contributed by atoms with van der Waals surface area (Å²) >= 11 is 0. The molecular weight excluding hydrogens is 445 g/mol. The lowest BCUT2D eigenvalue weighted by atomic mass is 10.1. The molecule has 0 radical (unpaired) electrons. The zero-order chi connectivity index (χ0) is 24.2. The molecule has 1 heterocycles. The van der Waals surface area contributed by atoms with Crippen molar-refractivity contribution < 1.29 is 37.1 Å². The average molecular weight is 464 g/mol. The van der Waals surface area contributed by atoms with Gasteiger partial charge in [0.15, 0.2) is 0 Å². The Bertz CT molecular complexity index is 1060. The number of carbonyl (C=O) groups is 4. The lowest BCUT2D eigenvalue weighted by Gasteiger charge is -2.20. The number of imide groups is 1. The number of hydrogen-bond donors (Lipinski definition) is 2. The maximum absolute atomic E-state index is 12.9. The van der Waals surface area contributed by atoms with E-state index in [2.05, 4.69) is 15.4 Å². The monoisotopic (exact) mass is 464 g/mol. The van der Waals surface area contributed by atoms with E-state index in [1.54, 1.807) is 18.2 Å². The van der Waals surface area contributed by atoms with Crippen molar-refractivity contribution in [2.24, 2.45) is 0 Å². The Morgan fingerprint density at radius 2 is 1.79 bits per heavy atom. The van der Waals surface area contributed by atoms with E-state index in [9.17, 15) is 32.3 Å². The van der Waals surface area contributed by atoms with E-state index >= 15 is 0 Å². The van der Waals surface area contributed by atoms with Gasteiger partial charge in [-0.25, -0.2) is 4.79 Å². The molecule has 1 saturated heterocycles. The van der Waals surface area contributed by atoms with Crippen molar-refractivity contribution in [1.82, 2.24) is 15.1 Å². The number of urea groups is 1. The summed E-state index contributed by atoms with van der Waals surface area (Å²) in [6.45, 7) is -0.561. The molecule has 9 nitrogen and oxygen atoms in total. The molecule has 12 heteroatoms. The van der Waals surface area contributed by atoms with Gasteiger partial charge in [0, 0.05) is 18.3 Å². The highest BCUT2D eigenvalue weighted by Gasteiger charge is 2.31. The second-order valence-corrected chi connectivity index (χ2v) is 7.08. The van der Waals surface area contributed by atoms with Gasteiger partial charge in [-0.3, -0.25) is 19.3 Å². The van der Waals surface area contributed by atoms with Crippen LogP contribution in [0.5, 0.6) is 5.75 Å². The first kappa shape index (κ1) is 23.6. The predicted molar refractivity (Wildman–Crippen MR) is 109 cm³/mol. The minimum Gasteiger partial charge on any atom is -0.406 e. The van der Waals surface area contributed by atoms with E-state index in [-0.39, 0.29) is 30.9 Å². The maximum Gasteiger partial charge on any atom is 0.573 e. The van der Waals surface area contributed by atoms with Crippen molar-refractivity contribution in [3.63, 3.8) is 0 Å². The number of alkyl halides is 3. The number of rotatable bonds is 7. The van der Waals surface area contributed by atoms with E-state index in [0.29, 0.717) is 5.56 Å². The largest absolute Gasteiger partial charge is 0.573 e. The Labute approximate surface area is 186 Å². The van der Waals surface area contributed by atoms with Crippen LogP contribution in [0.4, 0.5) is 23.7 Å². The van der Waals surface area contributed by atoms with E-state index in [4.69, 9.17) is 0 Å². The van der Waals surface area contributed by atoms with Gasteiger partial charge < -0.3 is 20.3 Å². The number of nitrogens with zero attached hydrogens (tertiary/aromatic N) is 2. The van der Waals surface area contributed by atoms with Crippen LogP contribution in [-0.4, -0.2) is 60.1 Å². The zero-order valence-corrected chi connectivity index (χ0v) is 17.3. The number of halogens is 3. The van der Waals surface area contributed by atoms with Crippen LogP contribution in [0.15, 0.2) is 48.5 Å². The lowest BCUT2D eigenvalue weighted by molar-refractivity contribution is -0.274. The average Bonchev–Trinajstić information content (AvgIpc) is 3.06. The molecule has 174 valence electrons.